The number of likely N-dealkylation sites (N-methyl/N-ethyl adjacent to an activating group) is 1. The van der Waals surface area contributed by atoms with Crippen molar-refractivity contribution in [3.8, 4) is 11.1 Å². The number of amides is 3. The zero-order valence-electron chi connectivity index (χ0n) is 14.3. The molecule has 0 radical (unpaired) electrons. The molecule has 0 saturated heterocycles. The van der Waals surface area contributed by atoms with Crippen LogP contribution in [0.4, 0.5) is 0 Å². The molecule has 2 rings (SSSR count). The number of nitrogens with one attached hydrogen (secondary N) is 2. The van der Waals surface area contributed by atoms with Gasteiger partial charge in [0.2, 0.25) is 11.8 Å². The summed E-state index contributed by atoms with van der Waals surface area (Å²) < 4.78 is 0. The number of hydrogen-bond donors (Lipinski definition) is 2. The van der Waals surface area contributed by atoms with Gasteiger partial charge in [-0.1, -0.05) is 42.5 Å². The third kappa shape index (κ3) is 5.46. The van der Waals surface area contributed by atoms with E-state index in [0.717, 1.165) is 11.1 Å². The molecule has 0 unspecified atom stereocenters. The average Bonchev–Trinajstić information content (AvgIpc) is 2.64. The van der Waals surface area contributed by atoms with Crippen LogP contribution in [0.2, 0.25) is 0 Å². The molecule has 0 aromatic heterocycles. The number of rotatable bonds is 6. The van der Waals surface area contributed by atoms with Gasteiger partial charge in [-0.05, 0) is 23.3 Å². The van der Waals surface area contributed by atoms with Crippen molar-refractivity contribution < 1.29 is 14.4 Å². The fraction of sp³-hybridized carbons (Fsp3) is 0.211. The standard InChI is InChI=1S/C19H21N3O3/c1-22(2)18(24)13-20-17(23)12-21-19(25)16-10-8-15(9-11-16)14-6-4-3-5-7-14/h3-11H,12-13H2,1-2H3,(H,20,23)(H,21,25). The summed E-state index contributed by atoms with van der Waals surface area (Å²) in [6.07, 6.45) is 0. The molecule has 2 aromatic rings. The highest BCUT2D eigenvalue weighted by molar-refractivity contribution is 5.97. The van der Waals surface area contributed by atoms with Crippen molar-refractivity contribution in [3.63, 3.8) is 0 Å². The van der Waals surface area contributed by atoms with Crippen LogP contribution in [0.1, 0.15) is 10.4 Å². The molecular weight excluding hydrogens is 318 g/mol. The van der Waals surface area contributed by atoms with Crippen LogP contribution in [0.25, 0.3) is 11.1 Å². The molecule has 0 fully saturated rings. The van der Waals surface area contributed by atoms with E-state index in [2.05, 4.69) is 10.6 Å². The molecule has 6 heteroatoms. The van der Waals surface area contributed by atoms with Gasteiger partial charge in [0.25, 0.3) is 5.91 Å². The van der Waals surface area contributed by atoms with Crippen molar-refractivity contribution in [2.45, 2.75) is 0 Å². The van der Waals surface area contributed by atoms with Crippen LogP contribution < -0.4 is 10.6 Å². The maximum absolute atomic E-state index is 12.1. The highest BCUT2D eigenvalue weighted by atomic mass is 16.2. The molecule has 0 aliphatic rings. The summed E-state index contributed by atoms with van der Waals surface area (Å²) in [4.78, 5) is 36.5. The maximum Gasteiger partial charge on any atom is 0.251 e. The molecule has 0 bridgehead atoms. The van der Waals surface area contributed by atoms with Crippen LogP contribution in [0.15, 0.2) is 54.6 Å². The highest BCUT2D eigenvalue weighted by Gasteiger charge is 2.10. The van der Waals surface area contributed by atoms with Crippen molar-refractivity contribution in [2.75, 3.05) is 27.2 Å². The molecule has 3 amide bonds. The summed E-state index contributed by atoms with van der Waals surface area (Å²) in [6.45, 7) is -0.270. The molecule has 0 heterocycles. The van der Waals surface area contributed by atoms with E-state index in [1.807, 2.05) is 42.5 Å². The topological polar surface area (TPSA) is 78.5 Å². The first-order chi connectivity index (χ1) is 12.0. The van der Waals surface area contributed by atoms with Gasteiger partial charge in [0.15, 0.2) is 0 Å². The summed E-state index contributed by atoms with van der Waals surface area (Å²) in [7, 11) is 3.21. The van der Waals surface area contributed by atoms with Gasteiger partial charge in [-0.15, -0.1) is 0 Å². The van der Waals surface area contributed by atoms with Crippen LogP contribution in [0.5, 0.6) is 0 Å². The van der Waals surface area contributed by atoms with E-state index in [1.165, 1.54) is 4.90 Å². The largest absolute Gasteiger partial charge is 0.347 e. The smallest absolute Gasteiger partial charge is 0.251 e. The Kier molecular flexibility index (Phi) is 6.28. The van der Waals surface area contributed by atoms with Crippen molar-refractivity contribution in [3.05, 3.63) is 60.2 Å². The minimum Gasteiger partial charge on any atom is -0.347 e. The molecule has 0 atom stereocenters. The summed E-state index contributed by atoms with van der Waals surface area (Å²) in [5.41, 5.74) is 2.55. The summed E-state index contributed by atoms with van der Waals surface area (Å²) in [6, 6.07) is 17.0. The van der Waals surface area contributed by atoms with E-state index in [0.29, 0.717) is 5.56 Å². The predicted molar refractivity (Wildman–Crippen MR) is 95.9 cm³/mol. The van der Waals surface area contributed by atoms with Gasteiger partial charge < -0.3 is 15.5 Å². The maximum atomic E-state index is 12.1. The van der Waals surface area contributed by atoms with E-state index in [1.54, 1.807) is 26.2 Å². The van der Waals surface area contributed by atoms with Gasteiger partial charge >= 0.3 is 0 Å². The van der Waals surface area contributed by atoms with Gasteiger partial charge in [0.05, 0.1) is 13.1 Å². The average molecular weight is 339 g/mol. The monoisotopic (exact) mass is 339 g/mol. The lowest BCUT2D eigenvalue weighted by molar-refractivity contribution is -0.130. The summed E-state index contributed by atoms with van der Waals surface area (Å²) in [5, 5.41) is 4.99. The Morgan fingerprint density at radius 3 is 2.00 bits per heavy atom. The van der Waals surface area contributed by atoms with Gasteiger partial charge in [0, 0.05) is 19.7 Å². The number of carbonyl (C=O) groups is 3. The normalized spacial score (nSPS) is 10.0. The minimum absolute atomic E-state index is 0.0898. The zero-order valence-corrected chi connectivity index (χ0v) is 14.3. The Morgan fingerprint density at radius 2 is 1.40 bits per heavy atom. The Morgan fingerprint density at radius 1 is 0.800 bits per heavy atom. The van der Waals surface area contributed by atoms with Crippen LogP contribution in [0, 0.1) is 0 Å². The quantitative estimate of drug-likeness (QED) is 0.832. The van der Waals surface area contributed by atoms with Crippen LogP contribution in [0.3, 0.4) is 0 Å². The summed E-state index contributed by atoms with van der Waals surface area (Å²) in [5.74, 6) is -0.964. The van der Waals surface area contributed by atoms with Crippen LogP contribution >= 0.6 is 0 Å². The molecule has 0 spiro atoms. The Bertz CT molecular complexity index is 740. The molecule has 2 aromatic carbocycles. The fourth-order valence-electron chi connectivity index (χ4n) is 2.10. The number of carbonyl (C=O) groups excluding carboxylic acids is 3. The molecule has 2 N–H and O–H groups in total. The lowest BCUT2D eigenvalue weighted by Gasteiger charge is -2.11. The fourth-order valence-corrected chi connectivity index (χ4v) is 2.10. The van der Waals surface area contributed by atoms with E-state index in [-0.39, 0.29) is 24.9 Å². The highest BCUT2D eigenvalue weighted by Crippen LogP contribution is 2.19. The van der Waals surface area contributed by atoms with E-state index in [9.17, 15) is 14.4 Å². The lowest BCUT2D eigenvalue weighted by Crippen LogP contribution is -2.41. The van der Waals surface area contributed by atoms with Crippen molar-refractivity contribution in [1.29, 1.82) is 0 Å². The lowest BCUT2D eigenvalue weighted by atomic mass is 10.0. The number of benzene rings is 2. The Balaban J connectivity index is 1.85. The molecule has 6 nitrogen and oxygen atoms in total. The van der Waals surface area contributed by atoms with Gasteiger partial charge in [0.1, 0.15) is 0 Å². The van der Waals surface area contributed by atoms with Gasteiger partial charge in [-0.3, -0.25) is 14.4 Å². The first kappa shape index (κ1) is 18.2. The Labute approximate surface area is 146 Å². The second kappa shape index (κ2) is 8.63. The van der Waals surface area contributed by atoms with E-state index >= 15 is 0 Å². The predicted octanol–water partition coefficient (Wildman–Crippen LogP) is 1.29. The Hall–Kier alpha value is -3.15. The SMILES string of the molecule is CN(C)C(=O)CNC(=O)CNC(=O)c1ccc(-c2ccccc2)cc1. The van der Waals surface area contributed by atoms with Gasteiger partial charge in [-0.25, -0.2) is 0 Å². The van der Waals surface area contributed by atoms with E-state index < -0.39 is 5.91 Å². The van der Waals surface area contributed by atoms with Crippen molar-refractivity contribution in [2.24, 2.45) is 0 Å². The third-order valence-corrected chi connectivity index (χ3v) is 3.60. The van der Waals surface area contributed by atoms with Crippen molar-refractivity contribution >= 4 is 17.7 Å². The number of hydrogen-bond acceptors (Lipinski definition) is 3. The third-order valence-electron chi connectivity index (χ3n) is 3.60. The molecule has 0 aliphatic carbocycles. The van der Waals surface area contributed by atoms with Crippen LogP contribution in [-0.2, 0) is 9.59 Å². The molecular formula is C19H21N3O3. The minimum atomic E-state index is -0.413. The number of nitrogens with zero attached hydrogens (tertiary/aromatic N) is 1. The molecule has 130 valence electrons. The second-order valence-electron chi connectivity index (χ2n) is 5.69. The molecule has 0 saturated carbocycles. The first-order valence-electron chi connectivity index (χ1n) is 7.88. The first-order valence-corrected chi connectivity index (χ1v) is 7.88. The van der Waals surface area contributed by atoms with Crippen molar-refractivity contribution in [1.82, 2.24) is 15.5 Å². The van der Waals surface area contributed by atoms with E-state index in [4.69, 9.17) is 0 Å². The molecule has 25 heavy (non-hydrogen) atoms. The molecule has 0 aliphatic heterocycles. The van der Waals surface area contributed by atoms with Crippen LogP contribution in [-0.4, -0.2) is 49.8 Å². The zero-order chi connectivity index (χ0) is 18.2. The summed E-state index contributed by atoms with van der Waals surface area (Å²) >= 11 is 0. The van der Waals surface area contributed by atoms with Gasteiger partial charge in [-0.2, -0.15) is 0 Å². The second-order valence-corrected chi connectivity index (χ2v) is 5.69.